The minimum absolute atomic E-state index is 0.0145. The van der Waals surface area contributed by atoms with Gasteiger partial charge in [-0.1, -0.05) is 48.5 Å². The Hall–Kier alpha value is -3.60. The number of hydrogen-bond acceptors (Lipinski definition) is 3. The molecule has 0 aliphatic carbocycles. The van der Waals surface area contributed by atoms with Crippen LogP contribution in [-0.4, -0.2) is 23.3 Å². The standard InChI is InChI=1S/C24H22N2O3/c27-23-15-19(17-26(23)16-18-7-3-1-4-8-18)24(28)25-20-11-13-22(14-12-20)29-21-9-5-2-6-10-21/h1-14,19H,15-17H2,(H,25,28)/t19-/m0/s1. The summed E-state index contributed by atoms with van der Waals surface area (Å²) in [4.78, 5) is 26.7. The van der Waals surface area contributed by atoms with Crippen LogP contribution >= 0.6 is 0 Å². The highest BCUT2D eigenvalue weighted by Crippen LogP contribution is 2.25. The Labute approximate surface area is 169 Å². The third kappa shape index (κ3) is 4.82. The van der Waals surface area contributed by atoms with E-state index in [-0.39, 0.29) is 24.2 Å². The van der Waals surface area contributed by atoms with Gasteiger partial charge in [-0.15, -0.1) is 0 Å². The number of amides is 2. The molecule has 0 spiro atoms. The molecule has 1 heterocycles. The summed E-state index contributed by atoms with van der Waals surface area (Å²) in [5.41, 5.74) is 1.75. The molecule has 0 radical (unpaired) electrons. The van der Waals surface area contributed by atoms with Gasteiger partial charge in [0.15, 0.2) is 0 Å². The van der Waals surface area contributed by atoms with Gasteiger partial charge in [-0.3, -0.25) is 9.59 Å². The van der Waals surface area contributed by atoms with Gasteiger partial charge < -0.3 is 15.0 Å². The van der Waals surface area contributed by atoms with Crippen molar-refractivity contribution in [3.8, 4) is 11.5 Å². The fraction of sp³-hybridized carbons (Fsp3) is 0.167. The van der Waals surface area contributed by atoms with E-state index in [1.165, 1.54) is 0 Å². The molecule has 5 heteroatoms. The molecule has 3 aromatic rings. The summed E-state index contributed by atoms with van der Waals surface area (Å²) >= 11 is 0. The van der Waals surface area contributed by atoms with Gasteiger partial charge in [0.25, 0.3) is 0 Å². The van der Waals surface area contributed by atoms with Crippen LogP contribution in [0, 0.1) is 5.92 Å². The molecule has 3 aromatic carbocycles. The number of ether oxygens (including phenoxy) is 1. The Morgan fingerprint density at radius 2 is 1.52 bits per heavy atom. The smallest absolute Gasteiger partial charge is 0.229 e. The predicted octanol–water partition coefficient (Wildman–Crippen LogP) is 4.47. The highest BCUT2D eigenvalue weighted by Gasteiger charge is 2.34. The first kappa shape index (κ1) is 18.7. The zero-order valence-electron chi connectivity index (χ0n) is 16.0. The van der Waals surface area contributed by atoms with Crippen LogP contribution in [0.15, 0.2) is 84.9 Å². The Morgan fingerprint density at radius 1 is 0.897 bits per heavy atom. The molecule has 29 heavy (non-hydrogen) atoms. The number of likely N-dealkylation sites (tertiary alicyclic amines) is 1. The fourth-order valence-electron chi connectivity index (χ4n) is 3.38. The summed E-state index contributed by atoms with van der Waals surface area (Å²) in [6.07, 6.45) is 0.244. The van der Waals surface area contributed by atoms with Crippen LogP contribution in [0.25, 0.3) is 0 Å². The largest absolute Gasteiger partial charge is 0.457 e. The molecule has 0 unspecified atom stereocenters. The molecule has 1 aliphatic rings. The summed E-state index contributed by atoms with van der Waals surface area (Å²) in [5.74, 6) is 0.990. The minimum atomic E-state index is -0.341. The van der Waals surface area contributed by atoms with Crippen molar-refractivity contribution >= 4 is 17.5 Å². The Morgan fingerprint density at radius 3 is 2.21 bits per heavy atom. The third-order valence-corrected chi connectivity index (χ3v) is 4.90. The highest BCUT2D eigenvalue weighted by molar-refractivity contribution is 5.97. The molecular formula is C24H22N2O3. The predicted molar refractivity (Wildman–Crippen MR) is 112 cm³/mol. The van der Waals surface area contributed by atoms with Crippen LogP contribution in [0.5, 0.6) is 11.5 Å². The Bertz CT molecular complexity index is 972. The van der Waals surface area contributed by atoms with E-state index in [4.69, 9.17) is 4.74 Å². The van der Waals surface area contributed by atoms with Crippen molar-refractivity contribution in [1.82, 2.24) is 4.90 Å². The molecule has 0 saturated carbocycles. The molecule has 1 aliphatic heterocycles. The molecule has 5 nitrogen and oxygen atoms in total. The molecule has 1 N–H and O–H groups in total. The SMILES string of the molecule is O=C(Nc1ccc(Oc2ccccc2)cc1)[C@H]1CC(=O)N(Cc2ccccc2)C1. The maximum absolute atomic E-state index is 12.6. The van der Waals surface area contributed by atoms with Crippen molar-refractivity contribution in [3.05, 3.63) is 90.5 Å². The van der Waals surface area contributed by atoms with Crippen molar-refractivity contribution < 1.29 is 14.3 Å². The molecule has 0 aromatic heterocycles. The van der Waals surface area contributed by atoms with Crippen molar-refractivity contribution in [3.63, 3.8) is 0 Å². The number of carbonyl (C=O) groups is 2. The van der Waals surface area contributed by atoms with Gasteiger partial charge in [-0.25, -0.2) is 0 Å². The lowest BCUT2D eigenvalue weighted by Gasteiger charge is -2.16. The van der Waals surface area contributed by atoms with Crippen molar-refractivity contribution in [2.75, 3.05) is 11.9 Å². The monoisotopic (exact) mass is 386 g/mol. The van der Waals surface area contributed by atoms with Gasteiger partial charge in [0.2, 0.25) is 11.8 Å². The van der Waals surface area contributed by atoms with Crippen LogP contribution in [0.1, 0.15) is 12.0 Å². The lowest BCUT2D eigenvalue weighted by Crippen LogP contribution is -2.28. The lowest BCUT2D eigenvalue weighted by molar-refractivity contribution is -0.128. The number of para-hydroxylation sites is 1. The Balaban J connectivity index is 1.33. The topological polar surface area (TPSA) is 58.6 Å². The number of anilines is 1. The van der Waals surface area contributed by atoms with E-state index in [0.717, 1.165) is 11.3 Å². The van der Waals surface area contributed by atoms with Gasteiger partial charge in [0.05, 0.1) is 5.92 Å². The Kier molecular flexibility index (Phi) is 5.56. The van der Waals surface area contributed by atoms with Crippen LogP contribution < -0.4 is 10.1 Å². The second-order valence-corrected chi connectivity index (χ2v) is 7.09. The molecule has 4 rings (SSSR count). The zero-order valence-corrected chi connectivity index (χ0v) is 16.0. The number of nitrogens with one attached hydrogen (secondary N) is 1. The summed E-state index contributed by atoms with van der Waals surface area (Å²) in [5, 5.41) is 2.91. The average molecular weight is 386 g/mol. The zero-order chi connectivity index (χ0) is 20.1. The summed E-state index contributed by atoms with van der Waals surface area (Å²) in [7, 11) is 0. The van der Waals surface area contributed by atoms with Gasteiger partial charge in [-0.2, -0.15) is 0 Å². The molecule has 146 valence electrons. The molecular weight excluding hydrogens is 364 g/mol. The van der Waals surface area contributed by atoms with Gasteiger partial charge in [0, 0.05) is 25.2 Å². The quantitative estimate of drug-likeness (QED) is 0.680. The summed E-state index contributed by atoms with van der Waals surface area (Å²) in [6, 6.07) is 26.6. The second kappa shape index (κ2) is 8.61. The number of carbonyl (C=O) groups excluding carboxylic acids is 2. The minimum Gasteiger partial charge on any atom is -0.457 e. The number of benzene rings is 3. The van der Waals surface area contributed by atoms with E-state index in [9.17, 15) is 9.59 Å². The first-order valence-corrected chi connectivity index (χ1v) is 9.63. The third-order valence-electron chi connectivity index (χ3n) is 4.90. The van der Waals surface area contributed by atoms with E-state index < -0.39 is 0 Å². The van der Waals surface area contributed by atoms with Gasteiger partial charge >= 0.3 is 0 Å². The average Bonchev–Trinajstić information content (AvgIpc) is 3.11. The molecule has 0 bridgehead atoms. The summed E-state index contributed by atoms with van der Waals surface area (Å²) < 4.78 is 5.76. The van der Waals surface area contributed by atoms with Crippen LogP contribution in [0.4, 0.5) is 5.69 Å². The number of nitrogens with zero attached hydrogens (tertiary/aromatic N) is 1. The van der Waals surface area contributed by atoms with E-state index in [0.29, 0.717) is 24.5 Å². The molecule has 1 saturated heterocycles. The van der Waals surface area contributed by atoms with E-state index >= 15 is 0 Å². The van der Waals surface area contributed by atoms with Crippen molar-refractivity contribution in [1.29, 1.82) is 0 Å². The summed E-state index contributed by atoms with van der Waals surface area (Å²) in [6.45, 7) is 0.976. The maximum Gasteiger partial charge on any atom is 0.229 e. The van der Waals surface area contributed by atoms with Gasteiger partial charge in [-0.05, 0) is 42.0 Å². The number of rotatable bonds is 6. The molecule has 1 atom stereocenters. The molecule has 2 amide bonds. The van der Waals surface area contributed by atoms with E-state index in [1.807, 2.05) is 72.8 Å². The number of hydrogen-bond donors (Lipinski definition) is 1. The van der Waals surface area contributed by atoms with Crippen LogP contribution in [-0.2, 0) is 16.1 Å². The van der Waals surface area contributed by atoms with Gasteiger partial charge in [0.1, 0.15) is 11.5 Å². The van der Waals surface area contributed by atoms with E-state index in [1.54, 1.807) is 17.0 Å². The normalized spacial score (nSPS) is 15.9. The van der Waals surface area contributed by atoms with Crippen LogP contribution in [0.3, 0.4) is 0 Å². The van der Waals surface area contributed by atoms with Crippen LogP contribution in [0.2, 0.25) is 0 Å². The molecule has 1 fully saturated rings. The second-order valence-electron chi connectivity index (χ2n) is 7.09. The maximum atomic E-state index is 12.6. The van der Waals surface area contributed by atoms with Crippen molar-refractivity contribution in [2.45, 2.75) is 13.0 Å². The first-order chi connectivity index (χ1) is 14.2. The first-order valence-electron chi connectivity index (χ1n) is 9.63. The lowest BCUT2D eigenvalue weighted by atomic mass is 10.1. The van der Waals surface area contributed by atoms with Crippen molar-refractivity contribution in [2.24, 2.45) is 5.92 Å². The fourth-order valence-corrected chi connectivity index (χ4v) is 3.38. The van der Waals surface area contributed by atoms with E-state index in [2.05, 4.69) is 5.32 Å². The highest BCUT2D eigenvalue weighted by atomic mass is 16.5.